The summed E-state index contributed by atoms with van der Waals surface area (Å²) in [5.41, 5.74) is 0. The molecule has 2 aliphatic rings. The van der Waals surface area contributed by atoms with Gasteiger partial charge in [0.1, 0.15) is 48.5 Å². The van der Waals surface area contributed by atoms with Crippen molar-refractivity contribution >= 4 is 0 Å². The number of hydrogen-bond acceptors (Lipinski definition) is 10. The third-order valence-corrected chi connectivity index (χ3v) is 4.38. The van der Waals surface area contributed by atoms with Gasteiger partial charge in [-0.2, -0.15) is 0 Å². The van der Waals surface area contributed by atoms with Crippen LogP contribution in [-0.2, 0) is 18.9 Å². The SMILES string of the molecule is C=C1OC(CO)[C@@H](O[C@@H]2OC(CO)[C@H](O)C(OC(C)C)C2O)C(O)C1O. The fourth-order valence-corrected chi connectivity index (χ4v) is 3.03. The Morgan fingerprint density at radius 3 is 2.12 bits per heavy atom. The Morgan fingerprint density at radius 2 is 1.58 bits per heavy atom. The second kappa shape index (κ2) is 8.91. The lowest BCUT2D eigenvalue weighted by molar-refractivity contribution is -0.339. The molecule has 0 amide bonds. The summed E-state index contributed by atoms with van der Waals surface area (Å²) in [6.07, 6.45) is -12.0. The lowest BCUT2D eigenvalue weighted by atomic mass is 9.96. The van der Waals surface area contributed by atoms with Crippen molar-refractivity contribution in [1.29, 1.82) is 0 Å². The van der Waals surface area contributed by atoms with Crippen LogP contribution in [-0.4, -0.2) is 105 Å². The molecule has 0 aromatic carbocycles. The van der Waals surface area contributed by atoms with Crippen LogP contribution < -0.4 is 0 Å². The van der Waals surface area contributed by atoms with E-state index in [1.165, 1.54) is 0 Å². The van der Waals surface area contributed by atoms with Crippen LogP contribution in [0.2, 0.25) is 0 Å². The highest BCUT2D eigenvalue weighted by molar-refractivity contribution is 5.06. The summed E-state index contributed by atoms with van der Waals surface area (Å²) >= 11 is 0. The maximum Gasteiger partial charge on any atom is 0.187 e. The van der Waals surface area contributed by atoms with E-state index >= 15 is 0 Å². The van der Waals surface area contributed by atoms with Gasteiger partial charge in [-0.15, -0.1) is 0 Å². The van der Waals surface area contributed by atoms with Gasteiger partial charge in [0.15, 0.2) is 12.4 Å². The van der Waals surface area contributed by atoms with Gasteiger partial charge in [0.05, 0.1) is 19.3 Å². The lowest BCUT2D eigenvalue weighted by Crippen LogP contribution is -2.63. The molecule has 0 bridgehead atoms. The van der Waals surface area contributed by atoms with Crippen molar-refractivity contribution in [3.63, 3.8) is 0 Å². The Labute approximate surface area is 151 Å². The molecule has 10 nitrogen and oxygen atoms in total. The van der Waals surface area contributed by atoms with Crippen molar-refractivity contribution in [2.75, 3.05) is 13.2 Å². The van der Waals surface area contributed by atoms with E-state index in [0.29, 0.717) is 0 Å². The van der Waals surface area contributed by atoms with E-state index < -0.39 is 68.3 Å². The molecule has 152 valence electrons. The Kier molecular flexibility index (Phi) is 7.36. The summed E-state index contributed by atoms with van der Waals surface area (Å²) in [6.45, 7) is 5.77. The molecule has 2 saturated heterocycles. The molecule has 0 saturated carbocycles. The van der Waals surface area contributed by atoms with Gasteiger partial charge in [0, 0.05) is 0 Å². The Morgan fingerprint density at radius 1 is 0.962 bits per heavy atom. The maximum atomic E-state index is 10.5. The predicted molar refractivity (Wildman–Crippen MR) is 85.8 cm³/mol. The zero-order chi connectivity index (χ0) is 19.6. The largest absolute Gasteiger partial charge is 0.487 e. The van der Waals surface area contributed by atoms with E-state index in [4.69, 9.17) is 18.9 Å². The number of ether oxygens (including phenoxy) is 4. The number of aliphatic hydroxyl groups is 6. The van der Waals surface area contributed by atoms with Crippen molar-refractivity contribution in [3.05, 3.63) is 12.3 Å². The van der Waals surface area contributed by atoms with Gasteiger partial charge in [0.2, 0.25) is 0 Å². The topological polar surface area (TPSA) is 158 Å². The van der Waals surface area contributed by atoms with Crippen LogP contribution in [0, 0.1) is 0 Å². The van der Waals surface area contributed by atoms with E-state index in [1.54, 1.807) is 13.8 Å². The first-order chi connectivity index (χ1) is 12.2. The first-order valence-corrected chi connectivity index (χ1v) is 8.47. The Hall–Kier alpha value is -0.820. The van der Waals surface area contributed by atoms with Gasteiger partial charge >= 0.3 is 0 Å². The van der Waals surface area contributed by atoms with Crippen molar-refractivity contribution in [1.82, 2.24) is 0 Å². The van der Waals surface area contributed by atoms with Crippen molar-refractivity contribution in [3.8, 4) is 0 Å². The Balaban J connectivity index is 2.18. The minimum Gasteiger partial charge on any atom is -0.487 e. The maximum absolute atomic E-state index is 10.5. The molecule has 0 aromatic rings. The molecule has 0 spiro atoms. The zero-order valence-electron chi connectivity index (χ0n) is 14.7. The molecule has 2 heterocycles. The quantitative estimate of drug-likeness (QED) is 0.285. The first kappa shape index (κ1) is 21.5. The van der Waals surface area contributed by atoms with E-state index in [2.05, 4.69) is 6.58 Å². The number of rotatable bonds is 6. The molecular formula is C16H28O10. The van der Waals surface area contributed by atoms with Crippen LogP contribution in [0.15, 0.2) is 12.3 Å². The predicted octanol–water partition coefficient (Wildman–Crippen LogP) is -2.77. The molecule has 6 unspecified atom stereocenters. The van der Waals surface area contributed by atoms with Crippen LogP contribution >= 0.6 is 0 Å². The summed E-state index contributed by atoms with van der Waals surface area (Å²) in [4.78, 5) is 0. The molecule has 6 N–H and O–H groups in total. The minimum atomic E-state index is -1.49. The number of aliphatic hydroxyl groups excluding tert-OH is 6. The molecule has 9 atom stereocenters. The third-order valence-electron chi connectivity index (χ3n) is 4.38. The highest BCUT2D eigenvalue weighted by atomic mass is 16.7. The summed E-state index contributed by atoms with van der Waals surface area (Å²) in [5.74, 6) is -0.119. The highest BCUT2D eigenvalue weighted by Crippen LogP contribution is 2.30. The van der Waals surface area contributed by atoms with Gasteiger partial charge in [0.25, 0.3) is 0 Å². The van der Waals surface area contributed by atoms with Gasteiger partial charge in [-0.3, -0.25) is 0 Å². The lowest BCUT2D eigenvalue weighted by Gasteiger charge is -2.46. The second-order valence-electron chi connectivity index (χ2n) is 6.70. The Bertz CT molecular complexity index is 470. The average Bonchev–Trinajstić information content (AvgIpc) is 2.60. The van der Waals surface area contributed by atoms with Crippen LogP contribution in [0.3, 0.4) is 0 Å². The molecule has 2 fully saturated rings. The zero-order valence-corrected chi connectivity index (χ0v) is 14.7. The van der Waals surface area contributed by atoms with Crippen LogP contribution in [0.25, 0.3) is 0 Å². The van der Waals surface area contributed by atoms with E-state index in [-0.39, 0.29) is 11.9 Å². The standard InChI is InChI=1S/C16H28O10/c1-6(2)23-15-11(20)8(4-17)25-16(13(15)22)26-14-9(5-18)24-7(3)10(19)12(14)21/h6,8-22H,3-5H2,1-2H3/t8?,9?,10?,11-,12?,13?,14+,15?,16-/m0/s1. The fraction of sp³-hybridized carbons (Fsp3) is 0.875. The van der Waals surface area contributed by atoms with Crippen LogP contribution in [0.1, 0.15) is 13.8 Å². The molecule has 0 aromatic heterocycles. The normalized spacial score (nSPS) is 44.2. The summed E-state index contributed by atoms with van der Waals surface area (Å²) in [7, 11) is 0. The van der Waals surface area contributed by atoms with Gasteiger partial charge in [-0.05, 0) is 13.8 Å². The third kappa shape index (κ3) is 4.35. The summed E-state index contributed by atoms with van der Waals surface area (Å²) in [6, 6.07) is 0. The van der Waals surface area contributed by atoms with Gasteiger partial charge in [-0.25, -0.2) is 0 Å². The summed E-state index contributed by atoms with van der Waals surface area (Å²) < 4.78 is 21.7. The van der Waals surface area contributed by atoms with Crippen LogP contribution in [0.5, 0.6) is 0 Å². The van der Waals surface area contributed by atoms with Crippen molar-refractivity contribution < 1.29 is 49.6 Å². The second-order valence-corrected chi connectivity index (χ2v) is 6.70. The molecule has 26 heavy (non-hydrogen) atoms. The molecule has 10 heteroatoms. The van der Waals surface area contributed by atoms with Crippen LogP contribution in [0.4, 0.5) is 0 Å². The minimum absolute atomic E-state index is 0.119. The molecule has 2 aliphatic heterocycles. The smallest absolute Gasteiger partial charge is 0.187 e. The molecular weight excluding hydrogens is 352 g/mol. The molecule has 2 rings (SSSR count). The van der Waals surface area contributed by atoms with Gasteiger partial charge < -0.3 is 49.6 Å². The summed E-state index contributed by atoms with van der Waals surface area (Å²) in [5, 5.41) is 59.6. The first-order valence-electron chi connectivity index (χ1n) is 8.47. The number of hydrogen-bond donors (Lipinski definition) is 6. The van der Waals surface area contributed by atoms with E-state index in [1.807, 2.05) is 0 Å². The average molecular weight is 380 g/mol. The van der Waals surface area contributed by atoms with E-state index in [9.17, 15) is 30.6 Å². The van der Waals surface area contributed by atoms with Crippen molar-refractivity contribution in [2.45, 2.75) is 75.1 Å². The molecule has 0 radical (unpaired) electrons. The van der Waals surface area contributed by atoms with Crippen molar-refractivity contribution in [2.24, 2.45) is 0 Å². The van der Waals surface area contributed by atoms with E-state index in [0.717, 1.165) is 0 Å². The fourth-order valence-electron chi connectivity index (χ4n) is 3.03. The monoisotopic (exact) mass is 380 g/mol. The van der Waals surface area contributed by atoms with Gasteiger partial charge in [-0.1, -0.05) is 6.58 Å². The molecule has 0 aliphatic carbocycles. The highest BCUT2D eigenvalue weighted by Gasteiger charge is 2.50.